The molecule has 0 saturated heterocycles. The number of nitrogens with two attached hydrogens (primary N) is 1. The van der Waals surface area contributed by atoms with Crippen LogP contribution >= 0.6 is 0 Å². The Morgan fingerprint density at radius 2 is 1.73 bits per heavy atom. The number of nitrogens with zero attached hydrogens (tertiary/aromatic N) is 2. The SMILES string of the molecule is NC(=O)COc1cccc(C(=O)Nc2cnc(-c3ccccc3)nc2)c1. The molecule has 3 rings (SSSR count). The lowest BCUT2D eigenvalue weighted by atomic mass is 10.2. The Morgan fingerprint density at radius 3 is 2.42 bits per heavy atom. The molecule has 3 aromatic rings. The van der Waals surface area contributed by atoms with Crippen molar-refractivity contribution in [2.45, 2.75) is 0 Å². The standard InChI is InChI=1S/C19H16N4O3/c20-17(24)12-26-16-8-4-7-14(9-16)19(25)23-15-10-21-18(22-11-15)13-5-2-1-3-6-13/h1-11H,12H2,(H2,20,24)(H,23,25). The lowest BCUT2D eigenvalue weighted by Crippen LogP contribution is -2.20. The first kappa shape index (κ1) is 17.1. The van der Waals surface area contributed by atoms with Gasteiger partial charge in [-0.15, -0.1) is 0 Å². The van der Waals surface area contributed by atoms with Gasteiger partial charge in [0.05, 0.1) is 18.1 Å². The lowest BCUT2D eigenvalue weighted by molar-refractivity contribution is -0.119. The first-order valence-corrected chi connectivity index (χ1v) is 7.82. The van der Waals surface area contributed by atoms with Crippen LogP contribution in [0.25, 0.3) is 11.4 Å². The van der Waals surface area contributed by atoms with Crippen LogP contribution in [0.4, 0.5) is 5.69 Å². The number of hydrogen-bond donors (Lipinski definition) is 2. The van der Waals surface area contributed by atoms with Crippen molar-refractivity contribution in [1.82, 2.24) is 9.97 Å². The van der Waals surface area contributed by atoms with Gasteiger partial charge in [-0.05, 0) is 18.2 Å². The molecule has 1 heterocycles. The number of anilines is 1. The quantitative estimate of drug-likeness (QED) is 0.710. The van der Waals surface area contributed by atoms with Crippen molar-refractivity contribution in [1.29, 1.82) is 0 Å². The highest BCUT2D eigenvalue weighted by Crippen LogP contribution is 2.17. The molecular formula is C19H16N4O3. The third kappa shape index (κ3) is 4.41. The van der Waals surface area contributed by atoms with Crippen molar-refractivity contribution in [3.05, 3.63) is 72.6 Å². The Balaban J connectivity index is 1.68. The van der Waals surface area contributed by atoms with Crippen LogP contribution in [0.1, 0.15) is 10.4 Å². The van der Waals surface area contributed by atoms with E-state index in [0.29, 0.717) is 22.8 Å². The van der Waals surface area contributed by atoms with Crippen molar-refractivity contribution in [2.24, 2.45) is 5.73 Å². The summed E-state index contributed by atoms with van der Waals surface area (Å²) in [6.07, 6.45) is 3.08. The molecule has 0 bridgehead atoms. The molecule has 0 radical (unpaired) electrons. The summed E-state index contributed by atoms with van der Waals surface area (Å²) in [5, 5.41) is 2.72. The predicted molar refractivity (Wildman–Crippen MR) is 96.6 cm³/mol. The number of carbonyl (C=O) groups is 2. The third-order valence-electron chi connectivity index (χ3n) is 3.42. The number of aromatic nitrogens is 2. The minimum atomic E-state index is -0.587. The van der Waals surface area contributed by atoms with E-state index in [0.717, 1.165) is 5.56 Å². The summed E-state index contributed by atoms with van der Waals surface area (Å²) in [5.74, 6) is 0.0265. The average molecular weight is 348 g/mol. The van der Waals surface area contributed by atoms with Gasteiger partial charge in [0.25, 0.3) is 11.8 Å². The van der Waals surface area contributed by atoms with E-state index in [9.17, 15) is 9.59 Å². The molecule has 7 heteroatoms. The second-order valence-corrected chi connectivity index (χ2v) is 5.40. The topological polar surface area (TPSA) is 107 Å². The van der Waals surface area contributed by atoms with Gasteiger partial charge < -0.3 is 15.8 Å². The van der Waals surface area contributed by atoms with Crippen LogP contribution in [0, 0.1) is 0 Å². The van der Waals surface area contributed by atoms with E-state index in [1.54, 1.807) is 30.6 Å². The minimum absolute atomic E-state index is 0.250. The van der Waals surface area contributed by atoms with E-state index in [-0.39, 0.29) is 12.5 Å². The fourth-order valence-electron chi connectivity index (χ4n) is 2.21. The number of benzene rings is 2. The van der Waals surface area contributed by atoms with Gasteiger partial charge in [-0.25, -0.2) is 9.97 Å². The average Bonchev–Trinajstić information content (AvgIpc) is 2.68. The highest BCUT2D eigenvalue weighted by atomic mass is 16.5. The van der Waals surface area contributed by atoms with Gasteiger partial charge in [0.1, 0.15) is 5.75 Å². The predicted octanol–water partition coefficient (Wildman–Crippen LogP) is 2.26. The summed E-state index contributed by atoms with van der Waals surface area (Å²) in [4.78, 5) is 31.6. The Labute approximate surface area is 149 Å². The maximum Gasteiger partial charge on any atom is 0.255 e. The van der Waals surface area contributed by atoms with Gasteiger partial charge in [0, 0.05) is 11.1 Å². The molecular weight excluding hydrogens is 332 g/mol. The maximum atomic E-state index is 12.3. The smallest absolute Gasteiger partial charge is 0.255 e. The molecule has 0 spiro atoms. The first-order chi connectivity index (χ1) is 12.6. The molecule has 2 amide bonds. The molecule has 0 unspecified atom stereocenters. The van der Waals surface area contributed by atoms with E-state index >= 15 is 0 Å². The van der Waals surface area contributed by atoms with E-state index in [1.165, 1.54) is 6.07 Å². The number of nitrogens with one attached hydrogen (secondary N) is 1. The zero-order valence-corrected chi connectivity index (χ0v) is 13.8. The second kappa shape index (κ2) is 7.89. The highest BCUT2D eigenvalue weighted by molar-refractivity contribution is 6.04. The molecule has 0 aliphatic rings. The number of amides is 2. The van der Waals surface area contributed by atoms with Crippen LogP contribution in [0.15, 0.2) is 67.0 Å². The van der Waals surface area contributed by atoms with Gasteiger partial charge in [0.15, 0.2) is 12.4 Å². The van der Waals surface area contributed by atoms with Crippen molar-refractivity contribution in [2.75, 3.05) is 11.9 Å². The number of carbonyl (C=O) groups excluding carboxylic acids is 2. The summed E-state index contributed by atoms with van der Waals surface area (Å²) in [5.41, 5.74) is 6.78. The van der Waals surface area contributed by atoms with Crippen LogP contribution in [-0.2, 0) is 4.79 Å². The fraction of sp³-hybridized carbons (Fsp3) is 0.0526. The Kier molecular flexibility index (Phi) is 5.19. The second-order valence-electron chi connectivity index (χ2n) is 5.40. The normalized spacial score (nSPS) is 10.2. The molecule has 130 valence electrons. The zero-order chi connectivity index (χ0) is 18.4. The highest BCUT2D eigenvalue weighted by Gasteiger charge is 2.09. The molecule has 3 N–H and O–H groups in total. The van der Waals surface area contributed by atoms with Gasteiger partial charge in [-0.3, -0.25) is 9.59 Å². The summed E-state index contributed by atoms with van der Waals surface area (Å²) in [7, 11) is 0. The van der Waals surface area contributed by atoms with Crippen LogP contribution in [0.5, 0.6) is 5.75 Å². The molecule has 0 aliphatic heterocycles. The van der Waals surface area contributed by atoms with Crippen LogP contribution in [-0.4, -0.2) is 28.4 Å². The third-order valence-corrected chi connectivity index (χ3v) is 3.42. The summed E-state index contributed by atoms with van der Waals surface area (Å²) < 4.78 is 5.19. The maximum absolute atomic E-state index is 12.3. The Morgan fingerprint density at radius 1 is 1.00 bits per heavy atom. The van der Waals surface area contributed by atoms with Gasteiger partial charge >= 0.3 is 0 Å². The number of ether oxygens (including phenoxy) is 1. The first-order valence-electron chi connectivity index (χ1n) is 7.82. The largest absolute Gasteiger partial charge is 0.484 e. The van der Waals surface area contributed by atoms with Gasteiger partial charge in [-0.1, -0.05) is 36.4 Å². The van der Waals surface area contributed by atoms with E-state index in [4.69, 9.17) is 10.5 Å². The number of rotatable bonds is 6. The minimum Gasteiger partial charge on any atom is -0.484 e. The molecule has 7 nitrogen and oxygen atoms in total. The molecule has 2 aromatic carbocycles. The van der Waals surface area contributed by atoms with E-state index in [1.807, 2.05) is 30.3 Å². The molecule has 0 saturated carbocycles. The lowest BCUT2D eigenvalue weighted by Gasteiger charge is -2.08. The Hall–Kier alpha value is -3.74. The van der Waals surface area contributed by atoms with Crippen molar-refractivity contribution in [3.63, 3.8) is 0 Å². The number of hydrogen-bond acceptors (Lipinski definition) is 5. The van der Waals surface area contributed by atoms with Crippen molar-refractivity contribution in [3.8, 4) is 17.1 Å². The Bertz CT molecular complexity index is 912. The summed E-state index contributed by atoms with van der Waals surface area (Å²) >= 11 is 0. The summed E-state index contributed by atoms with van der Waals surface area (Å²) in [6, 6.07) is 16.0. The van der Waals surface area contributed by atoms with Crippen LogP contribution in [0.3, 0.4) is 0 Å². The monoisotopic (exact) mass is 348 g/mol. The van der Waals surface area contributed by atoms with Crippen LogP contribution < -0.4 is 15.8 Å². The summed E-state index contributed by atoms with van der Waals surface area (Å²) in [6.45, 7) is -0.250. The van der Waals surface area contributed by atoms with Crippen molar-refractivity contribution < 1.29 is 14.3 Å². The van der Waals surface area contributed by atoms with Gasteiger partial charge in [0.2, 0.25) is 0 Å². The van der Waals surface area contributed by atoms with E-state index < -0.39 is 5.91 Å². The van der Waals surface area contributed by atoms with Crippen LogP contribution in [0.2, 0.25) is 0 Å². The molecule has 1 aromatic heterocycles. The molecule has 0 fully saturated rings. The van der Waals surface area contributed by atoms with E-state index in [2.05, 4.69) is 15.3 Å². The molecule has 0 atom stereocenters. The van der Waals surface area contributed by atoms with Gasteiger partial charge in [-0.2, -0.15) is 0 Å². The molecule has 0 aliphatic carbocycles. The fourth-order valence-corrected chi connectivity index (χ4v) is 2.21. The number of primary amides is 1. The zero-order valence-electron chi connectivity index (χ0n) is 13.8. The molecule has 26 heavy (non-hydrogen) atoms. The van der Waals surface area contributed by atoms with Crippen molar-refractivity contribution >= 4 is 17.5 Å².